The molecule has 108 valence electrons. The van der Waals surface area contributed by atoms with Gasteiger partial charge in [-0.05, 0) is 17.9 Å². The number of rotatable bonds is 5. The van der Waals surface area contributed by atoms with Crippen molar-refractivity contribution in [3.8, 4) is 6.19 Å². The highest BCUT2D eigenvalue weighted by Crippen LogP contribution is 2.16. The largest absolute Gasteiger partial charge is 0.368 e. The Bertz CT molecular complexity index is 613. The highest BCUT2D eigenvalue weighted by molar-refractivity contribution is 5.31. The van der Waals surface area contributed by atoms with E-state index in [-0.39, 0.29) is 0 Å². The molecule has 1 aliphatic heterocycles. The van der Waals surface area contributed by atoms with Gasteiger partial charge in [-0.15, -0.1) is 0 Å². The smallest absolute Gasteiger partial charge is 0.179 e. The average molecular weight is 281 g/mol. The number of nitrogens with zero attached hydrogens (tertiary/aromatic N) is 4. The summed E-state index contributed by atoms with van der Waals surface area (Å²) in [6.07, 6.45) is 7.17. The molecule has 0 bridgehead atoms. The lowest BCUT2D eigenvalue weighted by Crippen LogP contribution is -2.18. The summed E-state index contributed by atoms with van der Waals surface area (Å²) in [6, 6.07) is 10.3. The first-order chi connectivity index (χ1) is 10.3. The van der Waals surface area contributed by atoms with Crippen LogP contribution in [0.3, 0.4) is 0 Å². The summed E-state index contributed by atoms with van der Waals surface area (Å²) in [5.41, 5.74) is 1.27. The Morgan fingerprint density at radius 2 is 2.19 bits per heavy atom. The number of nitrogens with one attached hydrogen (secondary N) is 1. The van der Waals surface area contributed by atoms with Crippen molar-refractivity contribution in [3.63, 3.8) is 0 Å². The lowest BCUT2D eigenvalue weighted by atomic mass is 10.1. The molecule has 1 fully saturated rings. The molecule has 1 aromatic carbocycles. The van der Waals surface area contributed by atoms with E-state index in [2.05, 4.69) is 33.2 Å². The molecule has 0 saturated carbocycles. The molecule has 1 atom stereocenters. The van der Waals surface area contributed by atoms with Crippen molar-refractivity contribution < 1.29 is 0 Å². The SMILES string of the molecule is N#CN1CC[C@H](CNc2cn(Cc3ccccc3)cn2)C1. The van der Waals surface area contributed by atoms with Gasteiger partial charge < -0.3 is 14.8 Å². The number of anilines is 1. The lowest BCUT2D eigenvalue weighted by Gasteiger charge is -2.10. The second-order valence-corrected chi connectivity index (χ2v) is 5.50. The summed E-state index contributed by atoms with van der Waals surface area (Å²) in [7, 11) is 0. The first kappa shape index (κ1) is 13.5. The van der Waals surface area contributed by atoms with Crippen molar-refractivity contribution in [1.82, 2.24) is 14.5 Å². The maximum atomic E-state index is 8.85. The fourth-order valence-corrected chi connectivity index (χ4v) is 2.67. The summed E-state index contributed by atoms with van der Waals surface area (Å²) in [5, 5.41) is 12.2. The number of benzene rings is 1. The topological polar surface area (TPSA) is 56.9 Å². The molecule has 0 unspecified atom stereocenters. The Hall–Kier alpha value is -2.48. The van der Waals surface area contributed by atoms with Gasteiger partial charge >= 0.3 is 0 Å². The van der Waals surface area contributed by atoms with Gasteiger partial charge in [0.15, 0.2) is 6.19 Å². The number of imidazole rings is 1. The molecule has 1 N–H and O–H groups in total. The van der Waals surface area contributed by atoms with E-state index in [0.29, 0.717) is 5.92 Å². The van der Waals surface area contributed by atoms with E-state index in [1.807, 2.05) is 35.6 Å². The van der Waals surface area contributed by atoms with Crippen LogP contribution in [0.5, 0.6) is 0 Å². The van der Waals surface area contributed by atoms with Crippen LogP contribution in [0.15, 0.2) is 42.9 Å². The number of hydrogen-bond donors (Lipinski definition) is 1. The molecule has 5 heteroatoms. The maximum Gasteiger partial charge on any atom is 0.179 e. The molecule has 2 aromatic rings. The Morgan fingerprint density at radius 3 is 2.95 bits per heavy atom. The minimum atomic E-state index is 0.531. The molecule has 5 nitrogen and oxygen atoms in total. The molecular formula is C16H19N5. The highest BCUT2D eigenvalue weighted by Gasteiger charge is 2.21. The van der Waals surface area contributed by atoms with Gasteiger partial charge in [0.1, 0.15) is 5.82 Å². The maximum absolute atomic E-state index is 8.85. The molecule has 0 amide bonds. The summed E-state index contributed by atoms with van der Waals surface area (Å²) in [6.45, 7) is 3.45. The third-order valence-corrected chi connectivity index (χ3v) is 3.84. The zero-order chi connectivity index (χ0) is 14.5. The lowest BCUT2D eigenvalue weighted by molar-refractivity contribution is 0.460. The predicted octanol–water partition coefficient (Wildman–Crippen LogP) is 2.15. The average Bonchev–Trinajstić information content (AvgIpc) is 3.15. The molecule has 3 rings (SSSR count). The van der Waals surface area contributed by atoms with Gasteiger partial charge in [-0.25, -0.2) is 4.98 Å². The van der Waals surface area contributed by atoms with Crippen molar-refractivity contribution in [2.75, 3.05) is 25.0 Å². The Balaban J connectivity index is 1.50. The van der Waals surface area contributed by atoms with E-state index in [9.17, 15) is 0 Å². The number of likely N-dealkylation sites (tertiary alicyclic amines) is 1. The van der Waals surface area contributed by atoms with Crippen LogP contribution in [0.2, 0.25) is 0 Å². The molecule has 0 aliphatic carbocycles. The first-order valence-electron chi connectivity index (χ1n) is 7.28. The quantitative estimate of drug-likeness (QED) is 0.853. The number of hydrogen-bond acceptors (Lipinski definition) is 4. The fourth-order valence-electron chi connectivity index (χ4n) is 2.67. The van der Waals surface area contributed by atoms with Crippen molar-refractivity contribution in [3.05, 3.63) is 48.4 Å². The molecule has 1 saturated heterocycles. The van der Waals surface area contributed by atoms with E-state index in [0.717, 1.165) is 38.4 Å². The van der Waals surface area contributed by atoms with Gasteiger partial charge in [0.2, 0.25) is 0 Å². The van der Waals surface area contributed by atoms with Crippen molar-refractivity contribution in [2.45, 2.75) is 13.0 Å². The van der Waals surface area contributed by atoms with Crippen LogP contribution in [0.4, 0.5) is 5.82 Å². The van der Waals surface area contributed by atoms with Crippen molar-refractivity contribution in [1.29, 1.82) is 5.26 Å². The zero-order valence-electron chi connectivity index (χ0n) is 11.9. The molecule has 0 radical (unpaired) electrons. The van der Waals surface area contributed by atoms with E-state index in [4.69, 9.17) is 5.26 Å². The summed E-state index contributed by atoms with van der Waals surface area (Å²) >= 11 is 0. The molecular weight excluding hydrogens is 262 g/mol. The van der Waals surface area contributed by atoms with Crippen LogP contribution in [0.1, 0.15) is 12.0 Å². The van der Waals surface area contributed by atoms with Gasteiger partial charge in [-0.1, -0.05) is 30.3 Å². The van der Waals surface area contributed by atoms with Crippen molar-refractivity contribution >= 4 is 5.82 Å². The van der Waals surface area contributed by atoms with Crippen molar-refractivity contribution in [2.24, 2.45) is 5.92 Å². The Morgan fingerprint density at radius 1 is 1.33 bits per heavy atom. The summed E-state index contributed by atoms with van der Waals surface area (Å²) < 4.78 is 2.08. The third-order valence-electron chi connectivity index (χ3n) is 3.84. The molecule has 0 spiro atoms. The first-order valence-corrected chi connectivity index (χ1v) is 7.28. The Kier molecular flexibility index (Phi) is 4.06. The standard InChI is InChI=1S/C16H19N5/c17-12-20-7-6-15(10-20)8-18-16-11-21(13-19-16)9-14-4-2-1-3-5-14/h1-5,11,13,15,18H,6-10H2/t15-/m1/s1. The van der Waals surface area contributed by atoms with Crippen LogP contribution in [-0.4, -0.2) is 34.1 Å². The van der Waals surface area contributed by atoms with Crippen LogP contribution in [-0.2, 0) is 6.54 Å². The van der Waals surface area contributed by atoms with Gasteiger partial charge in [0.25, 0.3) is 0 Å². The second kappa shape index (κ2) is 6.31. The molecule has 1 aromatic heterocycles. The monoisotopic (exact) mass is 281 g/mol. The van der Waals surface area contributed by atoms with Crippen LogP contribution in [0.25, 0.3) is 0 Å². The third kappa shape index (κ3) is 3.54. The molecule has 1 aliphatic rings. The number of nitriles is 1. The zero-order valence-corrected chi connectivity index (χ0v) is 11.9. The van der Waals surface area contributed by atoms with E-state index < -0.39 is 0 Å². The van der Waals surface area contributed by atoms with Gasteiger partial charge in [0, 0.05) is 32.4 Å². The molecule has 2 heterocycles. The second-order valence-electron chi connectivity index (χ2n) is 5.50. The van der Waals surface area contributed by atoms with Crippen LogP contribution in [0, 0.1) is 17.4 Å². The minimum Gasteiger partial charge on any atom is -0.368 e. The van der Waals surface area contributed by atoms with Crippen LogP contribution >= 0.6 is 0 Å². The molecule has 21 heavy (non-hydrogen) atoms. The summed E-state index contributed by atoms with van der Waals surface area (Å²) in [5.74, 6) is 1.44. The fraction of sp³-hybridized carbons (Fsp3) is 0.375. The van der Waals surface area contributed by atoms with E-state index in [1.54, 1.807) is 0 Å². The highest BCUT2D eigenvalue weighted by atomic mass is 15.2. The van der Waals surface area contributed by atoms with Gasteiger partial charge in [0.05, 0.1) is 6.33 Å². The summed E-state index contributed by atoms with van der Waals surface area (Å²) in [4.78, 5) is 6.21. The van der Waals surface area contributed by atoms with Crippen LogP contribution < -0.4 is 5.32 Å². The Labute approximate surface area is 124 Å². The van der Waals surface area contributed by atoms with E-state index >= 15 is 0 Å². The predicted molar refractivity (Wildman–Crippen MR) is 81.6 cm³/mol. The van der Waals surface area contributed by atoms with Gasteiger partial charge in [-0.2, -0.15) is 5.26 Å². The minimum absolute atomic E-state index is 0.531. The normalized spacial score (nSPS) is 17.7. The van der Waals surface area contributed by atoms with E-state index in [1.165, 1.54) is 5.56 Å². The van der Waals surface area contributed by atoms with Gasteiger partial charge in [-0.3, -0.25) is 0 Å². The number of aromatic nitrogens is 2.